The molecule has 0 aromatic heterocycles. The standard InChI is InChI=1S/C2H5Cl2O2P/c3-1-2-7(4,5)6/h1-2H2,(H,5,6). The summed E-state index contributed by atoms with van der Waals surface area (Å²) in [5.41, 5.74) is 0. The van der Waals surface area contributed by atoms with Crippen LogP contribution in [0, 0.1) is 0 Å². The van der Waals surface area contributed by atoms with Crippen molar-refractivity contribution in [2.75, 3.05) is 12.0 Å². The predicted molar refractivity (Wildman–Crippen MR) is 31.3 cm³/mol. The van der Waals surface area contributed by atoms with E-state index in [0.29, 0.717) is 0 Å². The van der Waals surface area contributed by atoms with Crippen LogP contribution in [-0.4, -0.2) is 16.9 Å². The first kappa shape index (κ1) is 7.77. The molecule has 0 saturated carbocycles. The van der Waals surface area contributed by atoms with Crippen LogP contribution >= 0.6 is 29.6 Å². The molecule has 0 fully saturated rings. The number of rotatable bonds is 2. The van der Waals surface area contributed by atoms with E-state index in [4.69, 9.17) is 27.7 Å². The summed E-state index contributed by atoms with van der Waals surface area (Å²) in [5.74, 6) is 0.136. The lowest BCUT2D eigenvalue weighted by Gasteiger charge is -1.94. The van der Waals surface area contributed by atoms with Gasteiger partial charge in [-0.05, 0) is 11.2 Å². The second-order valence-corrected chi connectivity index (χ2v) is 4.67. The highest BCUT2D eigenvalue weighted by Crippen LogP contribution is 2.45. The van der Waals surface area contributed by atoms with Gasteiger partial charge >= 0.3 is 0 Å². The largest absolute Gasteiger partial charge is 0.333 e. The van der Waals surface area contributed by atoms with Crippen LogP contribution in [0.2, 0.25) is 0 Å². The Kier molecular flexibility index (Phi) is 3.25. The monoisotopic (exact) mass is 162 g/mol. The van der Waals surface area contributed by atoms with E-state index in [1.807, 2.05) is 0 Å². The summed E-state index contributed by atoms with van der Waals surface area (Å²) in [6, 6.07) is 0. The lowest BCUT2D eigenvalue weighted by atomic mass is 11.0. The van der Waals surface area contributed by atoms with E-state index in [0.717, 1.165) is 0 Å². The lowest BCUT2D eigenvalue weighted by Crippen LogP contribution is -1.80. The van der Waals surface area contributed by atoms with Gasteiger partial charge in [0, 0.05) is 5.88 Å². The summed E-state index contributed by atoms with van der Waals surface area (Å²) in [5, 5.41) is 0. The first-order chi connectivity index (χ1) is 3.06. The molecule has 5 heteroatoms. The Morgan fingerprint density at radius 2 is 2.14 bits per heavy atom. The van der Waals surface area contributed by atoms with Crippen molar-refractivity contribution < 1.29 is 9.46 Å². The van der Waals surface area contributed by atoms with Gasteiger partial charge in [0.25, 0.3) is 6.72 Å². The van der Waals surface area contributed by atoms with Crippen molar-refractivity contribution in [1.29, 1.82) is 0 Å². The highest BCUT2D eigenvalue weighted by atomic mass is 35.7. The predicted octanol–water partition coefficient (Wildman–Crippen LogP) is 1.65. The number of halogens is 2. The first-order valence-electron chi connectivity index (χ1n) is 1.64. The maximum Gasteiger partial charge on any atom is 0.288 e. The van der Waals surface area contributed by atoms with Gasteiger partial charge in [-0.1, -0.05) is 0 Å². The topological polar surface area (TPSA) is 37.3 Å². The van der Waals surface area contributed by atoms with Gasteiger partial charge < -0.3 is 4.89 Å². The minimum absolute atomic E-state index is 0.0177. The second kappa shape index (κ2) is 2.93. The van der Waals surface area contributed by atoms with Gasteiger partial charge in [0.15, 0.2) is 0 Å². The molecule has 1 atom stereocenters. The molecule has 1 N–H and O–H groups in total. The Hall–Kier alpha value is 0.770. The number of alkyl halides is 1. The van der Waals surface area contributed by atoms with E-state index >= 15 is 0 Å². The minimum Gasteiger partial charge on any atom is -0.333 e. The normalized spacial score (nSPS) is 18.7. The molecule has 0 aliphatic heterocycles. The van der Waals surface area contributed by atoms with Crippen molar-refractivity contribution in [3.63, 3.8) is 0 Å². The van der Waals surface area contributed by atoms with Gasteiger partial charge in [-0.15, -0.1) is 11.6 Å². The Bertz CT molecular complexity index is 87.7. The van der Waals surface area contributed by atoms with Crippen LogP contribution in [0.15, 0.2) is 0 Å². The molecule has 0 aromatic rings. The van der Waals surface area contributed by atoms with Crippen molar-refractivity contribution in [3.8, 4) is 0 Å². The fraction of sp³-hybridized carbons (Fsp3) is 1.00. The van der Waals surface area contributed by atoms with Crippen molar-refractivity contribution in [2.24, 2.45) is 0 Å². The molecule has 0 amide bonds. The van der Waals surface area contributed by atoms with Crippen LogP contribution in [0.1, 0.15) is 0 Å². The zero-order chi connectivity index (χ0) is 5.91. The Morgan fingerprint density at radius 3 is 2.14 bits per heavy atom. The minimum atomic E-state index is -3.33. The van der Waals surface area contributed by atoms with E-state index in [1.54, 1.807) is 0 Å². The van der Waals surface area contributed by atoms with Crippen molar-refractivity contribution in [3.05, 3.63) is 0 Å². The van der Waals surface area contributed by atoms with E-state index < -0.39 is 6.72 Å². The van der Waals surface area contributed by atoms with Gasteiger partial charge in [-0.2, -0.15) is 0 Å². The average molecular weight is 163 g/mol. The van der Waals surface area contributed by atoms with Crippen LogP contribution in [-0.2, 0) is 4.57 Å². The highest BCUT2D eigenvalue weighted by molar-refractivity contribution is 7.84. The zero-order valence-corrected chi connectivity index (χ0v) is 5.88. The quantitative estimate of drug-likeness (QED) is 0.496. The van der Waals surface area contributed by atoms with Crippen molar-refractivity contribution in [1.82, 2.24) is 0 Å². The summed E-state index contributed by atoms with van der Waals surface area (Å²) in [6.45, 7) is -3.33. The molecule has 0 radical (unpaired) electrons. The van der Waals surface area contributed by atoms with Gasteiger partial charge in [0.1, 0.15) is 0 Å². The smallest absolute Gasteiger partial charge is 0.288 e. The van der Waals surface area contributed by atoms with Crippen LogP contribution in [0.5, 0.6) is 0 Å². The Labute approximate surface area is 51.7 Å². The molecular weight excluding hydrogens is 158 g/mol. The van der Waals surface area contributed by atoms with Crippen LogP contribution in [0.4, 0.5) is 0 Å². The molecule has 0 rings (SSSR count). The zero-order valence-electron chi connectivity index (χ0n) is 3.47. The van der Waals surface area contributed by atoms with Crippen LogP contribution in [0.3, 0.4) is 0 Å². The molecule has 0 saturated heterocycles. The summed E-state index contributed by atoms with van der Waals surface area (Å²) >= 11 is 9.93. The number of hydrogen-bond donors (Lipinski definition) is 1. The van der Waals surface area contributed by atoms with Crippen molar-refractivity contribution >= 4 is 29.6 Å². The van der Waals surface area contributed by atoms with Crippen LogP contribution in [0.25, 0.3) is 0 Å². The molecule has 7 heavy (non-hydrogen) atoms. The summed E-state index contributed by atoms with van der Waals surface area (Å²) in [7, 11) is 0. The molecule has 0 bridgehead atoms. The van der Waals surface area contributed by atoms with Gasteiger partial charge in [0.2, 0.25) is 0 Å². The van der Waals surface area contributed by atoms with Crippen LogP contribution < -0.4 is 0 Å². The molecule has 1 unspecified atom stereocenters. The van der Waals surface area contributed by atoms with Crippen molar-refractivity contribution in [2.45, 2.75) is 0 Å². The average Bonchev–Trinajstić information content (AvgIpc) is 1.30. The summed E-state index contributed by atoms with van der Waals surface area (Å²) in [4.78, 5) is 8.25. The molecule has 0 aliphatic rings. The summed E-state index contributed by atoms with van der Waals surface area (Å²) < 4.78 is 10.1. The molecule has 44 valence electrons. The fourth-order valence-corrected chi connectivity index (χ4v) is 1.51. The third-order valence-electron chi connectivity index (χ3n) is 0.360. The Balaban J connectivity index is 3.36. The highest BCUT2D eigenvalue weighted by Gasteiger charge is 2.09. The third kappa shape index (κ3) is 6.77. The number of hydrogen-bond acceptors (Lipinski definition) is 1. The molecule has 0 heterocycles. The second-order valence-electron chi connectivity index (χ2n) is 1.03. The third-order valence-corrected chi connectivity index (χ3v) is 2.10. The fourth-order valence-electron chi connectivity index (χ4n) is 0.104. The molecule has 2 nitrogen and oxygen atoms in total. The van der Waals surface area contributed by atoms with E-state index in [2.05, 4.69) is 0 Å². The van der Waals surface area contributed by atoms with Gasteiger partial charge in [-0.3, -0.25) is 4.57 Å². The van der Waals surface area contributed by atoms with E-state index in [-0.39, 0.29) is 12.0 Å². The lowest BCUT2D eigenvalue weighted by molar-refractivity contribution is 0.497. The maximum absolute atomic E-state index is 10.1. The SMILES string of the molecule is O=P(O)(Cl)CCCl. The first-order valence-corrected chi connectivity index (χ1v) is 4.92. The molecule has 0 aromatic carbocycles. The Morgan fingerprint density at radius 1 is 1.71 bits per heavy atom. The van der Waals surface area contributed by atoms with Gasteiger partial charge in [-0.25, -0.2) is 0 Å². The van der Waals surface area contributed by atoms with E-state index in [1.165, 1.54) is 0 Å². The van der Waals surface area contributed by atoms with Gasteiger partial charge in [0.05, 0.1) is 6.16 Å². The molecule has 0 aliphatic carbocycles. The molecule has 0 spiro atoms. The molecular formula is C2H5Cl2O2P. The summed E-state index contributed by atoms with van der Waals surface area (Å²) in [6.07, 6.45) is -0.0177. The van der Waals surface area contributed by atoms with E-state index in [9.17, 15) is 4.57 Å². The maximum atomic E-state index is 10.1.